The Morgan fingerprint density at radius 2 is 1.48 bits per heavy atom. The second kappa shape index (κ2) is 12.1. The molecule has 0 spiro atoms. The lowest BCUT2D eigenvalue weighted by Crippen LogP contribution is -2.69. The summed E-state index contributed by atoms with van der Waals surface area (Å²) in [5.74, 6) is 0. The number of aryl methyl sites for hydroxylation is 3. The fourth-order valence-electron chi connectivity index (χ4n) is 11.2. The molecule has 272 valence electrons. The van der Waals surface area contributed by atoms with Gasteiger partial charge in [-0.1, -0.05) is 75.0 Å². The van der Waals surface area contributed by atoms with Crippen LogP contribution in [0.4, 0.5) is 0 Å². The summed E-state index contributed by atoms with van der Waals surface area (Å²) in [6.07, 6.45) is 10.7. The summed E-state index contributed by atoms with van der Waals surface area (Å²) in [5, 5.41) is 8.12. The third-order valence-corrected chi connectivity index (χ3v) is 14.9. The van der Waals surface area contributed by atoms with E-state index in [1.807, 2.05) is 11.3 Å². The molecule has 11 rings (SSSR count). The molecule has 4 heteroatoms. The zero-order chi connectivity index (χ0) is 37.9. The Labute approximate surface area is 331 Å². The number of para-hydroxylation sites is 1. The lowest BCUT2D eigenvalue weighted by molar-refractivity contribution is -0.757. The van der Waals surface area contributed by atoms with Gasteiger partial charge in [0.25, 0.3) is 0 Å². The van der Waals surface area contributed by atoms with Crippen molar-refractivity contribution < 1.29 is 9.13 Å². The van der Waals surface area contributed by atoms with Crippen molar-refractivity contribution in [3.63, 3.8) is 0 Å². The highest BCUT2D eigenvalue weighted by Crippen LogP contribution is 2.56. The fraction of sp³-hybridized carbons (Fsp3) is 0.192. The number of pyridine rings is 2. The second-order valence-electron chi connectivity index (χ2n) is 16.1. The first kappa shape index (κ1) is 33.5. The van der Waals surface area contributed by atoms with E-state index in [0.29, 0.717) is 0 Å². The Kier molecular flexibility index (Phi) is 7.22. The molecule has 10 aromatic rings. The van der Waals surface area contributed by atoms with Crippen LogP contribution in [-0.2, 0) is 24.4 Å². The lowest BCUT2D eigenvalue weighted by Gasteiger charge is -2.49. The predicted molar refractivity (Wildman–Crippen MR) is 236 cm³/mol. The Hall–Kier alpha value is -5.84. The van der Waals surface area contributed by atoms with E-state index in [-0.39, 0.29) is 11.0 Å². The van der Waals surface area contributed by atoms with E-state index < -0.39 is 0 Å². The summed E-state index contributed by atoms with van der Waals surface area (Å²) in [5.41, 5.74) is 12.6. The summed E-state index contributed by atoms with van der Waals surface area (Å²) in [6.45, 7) is 11.7. The van der Waals surface area contributed by atoms with Crippen LogP contribution in [0.5, 0.6) is 0 Å². The minimum Gasteiger partial charge on any atom is -0.308 e. The number of nitrogens with zero attached hydrogens (tertiary/aromatic N) is 3. The Morgan fingerprint density at radius 3 is 2.30 bits per heavy atom. The Balaban J connectivity index is 1.26. The first-order valence-corrected chi connectivity index (χ1v) is 21.0. The number of fused-ring (bicyclic) bond motifs is 13. The summed E-state index contributed by atoms with van der Waals surface area (Å²) in [7, 11) is 2.15. The third-order valence-electron chi connectivity index (χ3n) is 13.7. The van der Waals surface area contributed by atoms with Gasteiger partial charge in [-0.25, -0.2) is 4.57 Å². The van der Waals surface area contributed by atoms with Crippen molar-refractivity contribution in [3.05, 3.63) is 163 Å². The highest BCUT2D eigenvalue weighted by Gasteiger charge is 2.60. The molecule has 6 heterocycles. The predicted octanol–water partition coefficient (Wildman–Crippen LogP) is 12.5. The van der Waals surface area contributed by atoms with E-state index in [1.165, 1.54) is 97.5 Å². The molecule has 0 amide bonds. The number of rotatable bonds is 7. The molecule has 3 nitrogen and oxygen atoms in total. The zero-order valence-electron chi connectivity index (χ0n) is 32.6. The average Bonchev–Trinajstić information content (AvgIpc) is 3.88. The molecule has 2 unspecified atom stereocenters. The molecule has 0 radical (unpaired) electrons. The highest BCUT2D eigenvalue weighted by molar-refractivity contribution is 7.26. The number of thiophene rings is 1. The van der Waals surface area contributed by atoms with E-state index in [2.05, 4.69) is 181 Å². The molecule has 5 aromatic heterocycles. The van der Waals surface area contributed by atoms with Gasteiger partial charge in [0.1, 0.15) is 7.05 Å². The number of aromatic nitrogens is 3. The van der Waals surface area contributed by atoms with Gasteiger partial charge in [-0.15, -0.1) is 11.3 Å². The average molecular weight is 744 g/mol. The van der Waals surface area contributed by atoms with Gasteiger partial charge < -0.3 is 4.40 Å². The van der Waals surface area contributed by atoms with Crippen LogP contribution in [0.3, 0.4) is 0 Å². The normalized spacial score (nSPS) is 18.1. The SMILES string of the molecule is C=CC1(CC)[n+]2cc(C)ccc2-c2cc3c4c5c(cc6c7ccccc7n(c3cc2C1(CC)CCc1ccccc1-c1cccc[n+]1C)c64)sc1ccccc15. The molecule has 0 fully saturated rings. The molecular formula is C52H45N3S+2. The van der Waals surface area contributed by atoms with Crippen LogP contribution in [0, 0.1) is 6.92 Å². The number of hydrogen-bond acceptors (Lipinski definition) is 1. The maximum atomic E-state index is 4.70. The molecular weight excluding hydrogens is 699 g/mol. The van der Waals surface area contributed by atoms with Gasteiger partial charge in [0.15, 0.2) is 17.9 Å². The third kappa shape index (κ3) is 4.23. The fourth-order valence-corrected chi connectivity index (χ4v) is 12.3. The first-order valence-electron chi connectivity index (χ1n) is 20.2. The highest BCUT2D eigenvalue weighted by atomic mass is 32.1. The van der Waals surface area contributed by atoms with E-state index in [1.54, 1.807) is 0 Å². The van der Waals surface area contributed by atoms with Crippen LogP contribution in [0.25, 0.3) is 80.8 Å². The van der Waals surface area contributed by atoms with Crippen molar-refractivity contribution >= 4 is 69.6 Å². The maximum absolute atomic E-state index is 4.70. The minimum atomic E-state index is -0.340. The summed E-state index contributed by atoms with van der Waals surface area (Å²) >= 11 is 1.92. The molecule has 56 heavy (non-hydrogen) atoms. The van der Waals surface area contributed by atoms with Crippen LogP contribution < -0.4 is 9.13 Å². The van der Waals surface area contributed by atoms with Crippen LogP contribution in [-0.4, -0.2) is 4.40 Å². The molecule has 5 aromatic carbocycles. The van der Waals surface area contributed by atoms with Gasteiger partial charge in [-0.2, -0.15) is 4.57 Å². The summed E-state index contributed by atoms with van der Waals surface area (Å²) in [4.78, 5) is 0. The summed E-state index contributed by atoms with van der Waals surface area (Å²) < 4.78 is 10.2. The standard InChI is InChI=1S/C52H45N3S/c1-6-51(27-26-34-17-9-10-18-35(34)42-21-15-16-28-53(42)5)41-31-45-40(29-39(41)43-25-24-33(4)32-54(43)52(51,7-2)8-3)49-48-37-20-12-14-23-46(37)56-47(48)30-38-36-19-11-13-22-44(36)55(45)50(38)49/h7,9-25,28-32H,2,6,8,26-27H2,1,3-5H3/q+2. The lowest BCUT2D eigenvalue weighted by atomic mass is 9.56. The molecule has 0 aliphatic carbocycles. The quantitative estimate of drug-likeness (QED) is 0.114. The molecule has 0 bridgehead atoms. The summed E-state index contributed by atoms with van der Waals surface area (Å²) in [6, 6.07) is 45.9. The van der Waals surface area contributed by atoms with Crippen molar-refractivity contribution in [1.29, 1.82) is 0 Å². The van der Waals surface area contributed by atoms with E-state index in [0.717, 1.165) is 25.7 Å². The van der Waals surface area contributed by atoms with Gasteiger partial charge >= 0.3 is 0 Å². The van der Waals surface area contributed by atoms with Crippen molar-refractivity contribution in [3.8, 4) is 22.5 Å². The van der Waals surface area contributed by atoms with Gasteiger partial charge in [-0.3, -0.25) is 0 Å². The molecule has 1 aliphatic heterocycles. The van der Waals surface area contributed by atoms with Crippen molar-refractivity contribution in [2.24, 2.45) is 7.05 Å². The molecule has 0 saturated heterocycles. The maximum Gasteiger partial charge on any atom is 0.213 e. The molecule has 2 atom stereocenters. The molecule has 0 saturated carbocycles. The van der Waals surface area contributed by atoms with E-state index in [4.69, 9.17) is 6.58 Å². The largest absolute Gasteiger partial charge is 0.308 e. The van der Waals surface area contributed by atoms with E-state index >= 15 is 0 Å². The zero-order valence-corrected chi connectivity index (χ0v) is 33.4. The smallest absolute Gasteiger partial charge is 0.213 e. The molecule has 1 aliphatic rings. The first-order chi connectivity index (χ1) is 27.4. The van der Waals surface area contributed by atoms with Gasteiger partial charge in [0.05, 0.1) is 27.5 Å². The van der Waals surface area contributed by atoms with Crippen molar-refractivity contribution in [2.75, 3.05) is 0 Å². The van der Waals surface area contributed by atoms with Gasteiger partial charge in [-0.05, 0) is 91.9 Å². The number of benzene rings is 5. The minimum absolute atomic E-state index is 0.243. The van der Waals surface area contributed by atoms with Gasteiger partial charge in [0.2, 0.25) is 11.4 Å². The van der Waals surface area contributed by atoms with E-state index in [9.17, 15) is 0 Å². The number of allylic oxidation sites excluding steroid dienone is 1. The molecule has 0 N–H and O–H groups in total. The topological polar surface area (TPSA) is 12.2 Å². The Bertz CT molecular complexity index is 3240. The Morgan fingerprint density at radius 1 is 0.696 bits per heavy atom. The number of hydrogen-bond donors (Lipinski definition) is 0. The van der Waals surface area contributed by atoms with Crippen LogP contribution >= 0.6 is 11.3 Å². The van der Waals surface area contributed by atoms with Crippen LogP contribution in [0.1, 0.15) is 49.8 Å². The van der Waals surface area contributed by atoms with Crippen LogP contribution in [0.15, 0.2) is 146 Å². The van der Waals surface area contributed by atoms with Crippen molar-refractivity contribution in [1.82, 2.24) is 4.40 Å². The second-order valence-corrected chi connectivity index (χ2v) is 17.2. The monoisotopic (exact) mass is 743 g/mol. The van der Waals surface area contributed by atoms with Crippen molar-refractivity contribution in [2.45, 2.75) is 57.4 Å². The van der Waals surface area contributed by atoms with Gasteiger partial charge in [0, 0.05) is 77.5 Å². The van der Waals surface area contributed by atoms with Crippen LogP contribution in [0.2, 0.25) is 0 Å².